The molecule has 0 saturated carbocycles. The Hall–Kier alpha value is -1.70. The fraction of sp³-hybridized carbons (Fsp3) is 0.0833. The van der Waals surface area contributed by atoms with Crippen LogP contribution < -0.4 is 5.56 Å². The number of H-pyrrole nitrogens is 1. The van der Waals surface area contributed by atoms with E-state index in [9.17, 15) is 4.79 Å². The molecule has 90 valence electrons. The minimum Gasteiger partial charge on any atom is -0.312 e. The Balaban J connectivity index is 2.04. The van der Waals surface area contributed by atoms with Crippen LogP contribution in [0.5, 0.6) is 0 Å². The fourth-order valence-electron chi connectivity index (χ4n) is 1.78. The van der Waals surface area contributed by atoms with Gasteiger partial charge in [-0.2, -0.15) is 5.10 Å². The summed E-state index contributed by atoms with van der Waals surface area (Å²) in [4.78, 5) is 18.1. The topological polar surface area (TPSA) is 63.6 Å². The molecule has 0 aliphatic heterocycles. The normalized spacial score (nSPS) is 10.9. The van der Waals surface area contributed by atoms with E-state index in [0.717, 1.165) is 0 Å². The quantitative estimate of drug-likeness (QED) is 0.715. The van der Waals surface area contributed by atoms with Crippen molar-refractivity contribution in [1.29, 1.82) is 0 Å². The summed E-state index contributed by atoms with van der Waals surface area (Å²) in [5.74, 6) is 0. The molecule has 2 aromatic heterocycles. The molecule has 1 aromatic carbocycles. The summed E-state index contributed by atoms with van der Waals surface area (Å²) in [5, 5.41) is 4.81. The maximum Gasteiger partial charge on any atom is 0.261 e. The standard InChI is InChI=1S/C12H9IN4O/c13-10-4-2-1-3-8(10)5-17-6-9-11(16-17)14-7-15-12(9)18/h1-4,6-7H,5H2,(H,14,15,16,18). The first-order chi connectivity index (χ1) is 8.74. The first-order valence-electron chi connectivity index (χ1n) is 5.38. The van der Waals surface area contributed by atoms with Crippen molar-refractivity contribution in [3.05, 3.63) is 56.3 Å². The maximum atomic E-state index is 11.6. The van der Waals surface area contributed by atoms with Crippen LogP contribution in [0.15, 0.2) is 41.6 Å². The van der Waals surface area contributed by atoms with Crippen LogP contribution in [-0.4, -0.2) is 19.7 Å². The van der Waals surface area contributed by atoms with E-state index in [1.807, 2.05) is 24.3 Å². The van der Waals surface area contributed by atoms with E-state index in [4.69, 9.17) is 0 Å². The van der Waals surface area contributed by atoms with Crippen LogP contribution in [-0.2, 0) is 6.54 Å². The molecule has 0 unspecified atom stereocenters. The molecule has 0 radical (unpaired) electrons. The third kappa shape index (κ3) is 2.03. The molecular formula is C12H9IN4O. The predicted octanol–water partition coefficient (Wildman–Crippen LogP) is 1.77. The Morgan fingerprint density at radius 1 is 1.33 bits per heavy atom. The number of fused-ring (bicyclic) bond motifs is 1. The summed E-state index contributed by atoms with van der Waals surface area (Å²) >= 11 is 2.29. The summed E-state index contributed by atoms with van der Waals surface area (Å²) in [5.41, 5.74) is 1.49. The Morgan fingerprint density at radius 3 is 2.94 bits per heavy atom. The largest absolute Gasteiger partial charge is 0.312 e. The summed E-state index contributed by atoms with van der Waals surface area (Å²) in [6, 6.07) is 8.08. The number of halogens is 1. The van der Waals surface area contributed by atoms with Gasteiger partial charge in [0.2, 0.25) is 0 Å². The molecule has 0 fully saturated rings. The van der Waals surface area contributed by atoms with Crippen LogP contribution in [0.3, 0.4) is 0 Å². The van der Waals surface area contributed by atoms with Crippen LogP contribution in [0.4, 0.5) is 0 Å². The molecule has 18 heavy (non-hydrogen) atoms. The zero-order valence-corrected chi connectivity index (χ0v) is 11.5. The van der Waals surface area contributed by atoms with Gasteiger partial charge in [-0.05, 0) is 34.2 Å². The number of hydrogen-bond donors (Lipinski definition) is 1. The van der Waals surface area contributed by atoms with Crippen molar-refractivity contribution in [3.63, 3.8) is 0 Å². The predicted molar refractivity (Wildman–Crippen MR) is 76.4 cm³/mol. The van der Waals surface area contributed by atoms with E-state index in [1.54, 1.807) is 10.9 Å². The minimum absolute atomic E-state index is 0.158. The highest BCUT2D eigenvalue weighted by Gasteiger charge is 2.06. The van der Waals surface area contributed by atoms with Crippen LogP contribution in [0, 0.1) is 3.57 Å². The number of aromatic amines is 1. The summed E-state index contributed by atoms with van der Waals surface area (Å²) in [6.45, 7) is 0.634. The van der Waals surface area contributed by atoms with Crippen molar-refractivity contribution < 1.29 is 0 Å². The fourth-order valence-corrected chi connectivity index (χ4v) is 2.34. The molecule has 0 amide bonds. The zero-order chi connectivity index (χ0) is 12.5. The highest BCUT2D eigenvalue weighted by atomic mass is 127. The van der Waals surface area contributed by atoms with Crippen molar-refractivity contribution in [2.45, 2.75) is 6.54 Å². The average molecular weight is 352 g/mol. The van der Waals surface area contributed by atoms with Gasteiger partial charge >= 0.3 is 0 Å². The summed E-state index contributed by atoms with van der Waals surface area (Å²) in [7, 11) is 0. The Morgan fingerprint density at radius 2 is 2.17 bits per heavy atom. The third-order valence-electron chi connectivity index (χ3n) is 2.66. The number of nitrogens with one attached hydrogen (secondary N) is 1. The number of aromatic nitrogens is 4. The minimum atomic E-state index is -0.158. The van der Waals surface area contributed by atoms with Gasteiger partial charge in [0.15, 0.2) is 5.65 Å². The second kappa shape index (κ2) is 4.52. The van der Waals surface area contributed by atoms with Crippen LogP contribution in [0.25, 0.3) is 11.0 Å². The smallest absolute Gasteiger partial charge is 0.261 e. The molecule has 0 aliphatic carbocycles. The molecule has 0 saturated heterocycles. The first kappa shape index (κ1) is 11.4. The van der Waals surface area contributed by atoms with Crippen LogP contribution >= 0.6 is 22.6 Å². The summed E-state index contributed by atoms with van der Waals surface area (Å²) < 4.78 is 2.92. The molecule has 5 nitrogen and oxygen atoms in total. The highest BCUT2D eigenvalue weighted by Crippen LogP contribution is 2.13. The Kier molecular flexibility index (Phi) is 2.86. The van der Waals surface area contributed by atoms with Gasteiger partial charge in [-0.3, -0.25) is 9.48 Å². The lowest BCUT2D eigenvalue weighted by molar-refractivity contribution is 0.691. The van der Waals surface area contributed by atoms with E-state index in [1.165, 1.54) is 15.5 Å². The van der Waals surface area contributed by atoms with Crippen molar-refractivity contribution in [2.24, 2.45) is 0 Å². The van der Waals surface area contributed by atoms with Crippen molar-refractivity contribution in [2.75, 3.05) is 0 Å². The van der Waals surface area contributed by atoms with E-state index >= 15 is 0 Å². The molecule has 3 rings (SSSR count). The monoisotopic (exact) mass is 352 g/mol. The lowest BCUT2D eigenvalue weighted by Gasteiger charge is -2.03. The van der Waals surface area contributed by atoms with Crippen molar-refractivity contribution in [3.8, 4) is 0 Å². The lowest BCUT2D eigenvalue weighted by Crippen LogP contribution is -2.04. The second-order valence-electron chi connectivity index (χ2n) is 3.89. The maximum absolute atomic E-state index is 11.6. The molecule has 0 aliphatic rings. The van der Waals surface area contributed by atoms with E-state index < -0.39 is 0 Å². The van der Waals surface area contributed by atoms with Gasteiger partial charge in [-0.15, -0.1) is 0 Å². The molecule has 1 N–H and O–H groups in total. The second-order valence-corrected chi connectivity index (χ2v) is 5.05. The molecule has 6 heteroatoms. The Bertz CT molecular complexity index is 762. The Labute approximate surface area is 116 Å². The van der Waals surface area contributed by atoms with Gasteiger partial charge in [-0.25, -0.2) is 4.98 Å². The van der Waals surface area contributed by atoms with Gasteiger partial charge in [0.1, 0.15) is 5.39 Å². The van der Waals surface area contributed by atoms with Crippen LogP contribution in [0.2, 0.25) is 0 Å². The number of rotatable bonds is 2. The SMILES string of the molecule is O=c1[nH]cnc2nn(Cc3ccccc3I)cc12. The highest BCUT2D eigenvalue weighted by molar-refractivity contribution is 14.1. The number of nitrogens with zero attached hydrogens (tertiary/aromatic N) is 3. The molecule has 3 aromatic rings. The van der Waals surface area contributed by atoms with E-state index in [2.05, 4.69) is 37.7 Å². The number of benzene rings is 1. The van der Waals surface area contributed by atoms with Gasteiger partial charge < -0.3 is 4.98 Å². The molecule has 0 atom stereocenters. The van der Waals surface area contributed by atoms with Crippen LogP contribution in [0.1, 0.15) is 5.56 Å². The molecule has 2 heterocycles. The van der Waals surface area contributed by atoms with Gasteiger partial charge in [-0.1, -0.05) is 18.2 Å². The third-order valence-corrected chi connectivity index (χ3v) is 3.71. The average Bonchev–Trinajstić information content (AvgIpc) is 2.76. The lowest BCUT2D eigenvalue weighted by atomic mass is 10.2. The first-order valence-corrected chi connectivity index (χ1v) is 6.46. The van der Waals surface area contributed by atoms with Gasteiger partial charge in [0.25, 0.3) is 5.56 Å². The van der Waals surface area contributed by atoms with Crippen molar-refractivity contribution in [1.82, 2.24) is 19.7 Å². The zero-order valence-electron chi connectivity index (χ0n) is 9.30. The van der Waals surface area contributed by atoms with Gasteiger partial charge in [0.05, 0.1) is 12.9 Å². The van der Waals surface area contributed by atoms with E-state index in [0.29, 0.717) is 17.6 Å². The van der Waals surface area contributed by atoms with E-state index in [-0.39, 0.29) is 5.56 Å². The van der Waals surface area contributed by atoms with Crippen molar-refractivity contribution >= 4 is 33.6 Å². The molecule has 0 bridgehead atoms. The number of hydrogen-bond acceptors (Lipinski definition) is 3. The molecular weight excluding hydrogens is 343 g/mol. The molecule has 0 spiro atoms. The summed E-state index contributed by atoms with van der Waals surface area (Å²) in [6.07, 6.45) is 3.10. The van der Waals surface area contributed by atoms with Gasteiger partial charge in [0, 0.05) is 9.77 Å².